The van der Waals surface area contributed by atoms with Crippen molar-refractivity contribution in [2.75, 3.05) is 20.1 Å². The zero-order valence-electron chi connectivity index (χ0n) is 16.3. The summed E-state index contributed by atoms with van der Waals surface area (Å²) in [5, 5.41) is 17.7. The molecule has 29 heavy (non-hydrogen) atoms. The van der Waals surface area contributed by atoms with E-state index in [0.717, 1.165) is 25.1 Å². The van der Waals surface area contributed by atoms with E-state index in [2.05, 4.69) is 26.9 Å². The maximum atomic E-state index is 10.3. The Hall–Kier alpha value is -2.91. The van der Waals surface area contributed by atoms with E-state index in [9.17, 15) is 5.11 Å². The first-order valence-corrected chi connectivity index (χ1v) is 9.33. The molecule has 10 heteroatoms. The van der Waals surface area contributed by atoms with Crippen LogP contribution in [0.1, 0.15) is 12.0 Å². The quantitative estimate of drug-likeness (QED) is 0.622. The van der Waals surface area contributed by atoms with Crippen molar-refractivity contribution in [1.29, 1.82) is 0 Å². The molecule has 154 valence electrons. The molecule has 1 aliphatic rings. The van der Waals surface area contributed by atoms with Crippen molar-refractivity contribution >= 4 is 29.4 Å². The Labute approximate surface area is 172 Å². The summed E-state index contributed by atoms with van der Waals surface area (Å²) in [6.45, 7) is 3.53. The lowest BCUT2D eigenvalue weighted by Gasteiger charge is -2.12. The van der Waals surface area contributed by atoms with Crippen molar-refractivity contribution in [2.45, 2.75) is 19.4 Å². The molecule has 0 radical (unpaired) electrons. The van der Waals surface area contributed by atoms with Gasteiger partial charge >= 0.3 is 0 Å². The number of hydrogen-bond donors (Lipinski definition) is 2. The lowest BCUT2D eigenvalue weighted by atomic mass is 10.1. The topological polar surface area (TPSA) is 114 Å². The summed E-state index contributed by atoms with van der Waals surface area (Å²) in [6.07, 6.45) is 2.72. The molecule has 0 spiro atoms. The number of phenolic OH excluding ortho intramolecular Hbond substituents is 1. The summed E-state index contributed by atoms with van der Waals surface area (Å²) in [5.74, 6) is 1.14. The second kappa shape index (κ2) is 8.62. The van der Waals surface area contributed by atoms with Gasteiger partial charge in [0.25, 0.3) is 6.47 Å². The molecule has 1 aliphatic heterocycles. The van der Waals surface area contributed by atoms with Gasteiger partial charge in [0.1, 0.15) is 17.7 Å². The number of carboxylic acid groups (broad SMARTS) is 1. The van der Waals surface area contributed by atoms with E-state index >= 15 is 0 Å². The van der Waals surface area contributed by atoms with E-state index in [1.54, 1.807) is 12.3 Å². The number of rotatable bonds is 3. The first-order chi connectivity index (χ1) is 13.8. The molecular weight excluding hydrogens is 398 g/mol. The van der Waals surface area contributed by atoms with Crippen LogP contribution in [0, 0.1) is 6.92 Å². The molecule has 1 atom stereocenters. The standard InChI is InChI=1S/C18H20ClN5O2.CH2O2/c1-10-6-11(19)7-13(25)15(10)17-22-16-18(24(17)3)20-8-14(21-16)26-12-4-5-23(2)9-12;2-1-3/h6-8,12,25H,4-5,9H2,1-3H3;1H,(H,2,3)/t12-;/m1./s1. The van der Waals surface area contributed by atoms with Crippen LogP contribution in [0.2, 0.25) is 5.02 Å². The predicted molar refractivity (Wildman–Crippen MR) is 108 cm³/mol. The van der Waals surface area contributed by atoms with Crippen LogP contribution in [0.3, 0.4) is 0 Å². The van der Waals surface area contributed by atoms with Crippen molar-refractivity contribution < 1.29 is 19.7 Å². The van der Waals surface area contributed by atoms with Crippen LogP contribution in [-0.2, 0) is 11.8 Å². The second-order valence-corrected chi connectivity index (χ2v) is 7.30. The Morgan fingerprint density at radius 3 is 2.66 bits per heavy atom. The Kier molecular flexibility index (Phi) is 6.19. The minimum atomic E-state index is -0.250. The van der Waals surface area contributed by atoms with Crippen LogP contribution < -0.4 is 4.74 Å². The molecule has 0 bridgehead atoms. The average Bonchev–Trinajstić information content (AvgIpc) is 3.18. The van der Waals surface area contributed by atoms with Gasteiger partial charge in [-0.3, -0.25) is 4.79 Å². The number of benzene rings is 1. The molecule has 9 nitrogen and oxygen atoms in total. The summed E-state index contributed by atoms with van der Waals surface area (Å²) in [7, 11) is 3.92. The fraction of sp³-hybridized carbons (Fsp3) is 0.368. The number of nitrogens with zero attached hydrogens (tertiary/aromatic N) is 5. The number of aryl methyl sites for hydroxylation is 2. The minimum Gasteiger partial charge on any atom is -0.507 e. The number of hydrogen-bond acceptors (Lipinski definition) is 7. The van der Waals surface area contributed by atoms with Crippen molar-refractivity contribution in [3.8, 4) is 23.0 Å². The van der Waals surface area contributed by atoms with Crippen LogP contribution in [0.5, 0.6) is 11.6 Å². The van der Waals surface area contributed by atoms with E-state index in [1.807, 2.05) is 18.5 Å². The van der Waals surface area contributed by atoms with E-state index in [0.29, 0.717) is 33.6 Å². The van der Waals surface area contributed by atoms with Crippen LogP contribution in [0.4, 0.5) is 0 Å². The van der Waals surface area contributed by atoms with Gasteiger partial charge in [0, 0.05) is 25.2 Å². The molecule has 0 unspecified atom stereocenters. The molecular formula is C19H22ClN5O4. The zero-order valence-corrected chi connectivity index (χ0v) is 17.1. The number of aromatic nitrogens is 4. The normalized spacial score (nSPS) is 16.5. The van der Waals surface area contributed by atoms with Gasteiger partial charge in [-0.05, 0) is 38.1 Å². The molecule has 3 aromatic rings. The van der Waals surface area contributed by atoms with Crippen LogP contribution in [0.25, 0.3) is 22.7 Å². The number of likely N-dealkylation sites (N-methyl/N-ethyl adjacent to an activating group) is 1. The van der Waals surface area contributed by atoms with Gasteiger partial charge in [-0.1, -0.05) is 11.6 Å². The molecule has 4 rings (SSSR count). The summed E-state index contributed by atoms with van der Waals surface area (Å²) < 4.78 is 7.75. The largest absolute Gasteiger partial charge is 0.507 e. The van der Waals surface area contributed by atoms with Gasteiger partial charge in [-0.25, -0.2) is 9.97 Å². The van der Waals surface area contributed by atoms with Crippen molar-refractivity contribution in [3.63, 3.8) is 0 Å². The fourth-order valence-corrected chi connectivity index (χ4v) is 3.67. The Balaban J connectivity index is 0.000000755. The summed E-state index contributed by atoms with van der Waals surface area (Å²) >= 11 is 6.01. The van der Waals surface area contributed by atoms with E-state index in [-0.39, 0.29) is 18.3 Å². The van der Waals surface area contributed by atoms with E-state index in [4.69, 9.17) is 26.2 Å². The monoisotopic (exact) mass is 419 g/mol. The SMILES string of the molecule is Cc1cc(Cl)cc(O)c1-c1nc2nc(O[C@@H]3CCN(C)C3)cnc2n1C.O=CO. The first-order valence-electron chi connectivity index (χ1n) is 8.96. The molecule has 1 saturated heterocycles. The zero-order chi connectivity index (χ0) is 21.1. The molecule has 0 amide bonds. The van der Waals surface area contributed by atoms with Crippen molar-refractivity contribution in [1.82, 2.24) is 24.4 Å². The Bertz CT molecular complexity index is 1020. The third-order valence-corrected chi connectivity index (χ3v) is 4.92. The lowest BCUT2D eigenvalue weighted by Crippen LogP contribution is -2.21. The number of imidazole rings is 1. The molecule has 2 aromatic heterocycles. The highest BCUT2D eigenvalue weighted by Gasteiger charge is 2.23. The summed E-state index contributed by atoms with van der Waals surface area (Å²) in [5.41, 5.74) is 2.57. The maximum Gasteiger partial charge on any atom is 0.290 e. The number of carbonyl (C=O) groups is 1. The van der Waals surface area contributed by atoms with Crippen LogP contribution in [-0.4, -0.2) is 67.3 Å². The number of ether oxygens (including phenoxy) is 1. The number of likely N-dealkylation sites (tertiary alicyclic amines) is 1. The predicted octanol–water partition coefficient (Wildman–Crippen LogP) is 2.48. The number of phenols is 1. The Morgan fingerprint density at radius 1 is 1.31 bits per heavy atom. The van der Waals surface area contributed by atoms with Gasteiger partial charge in [0.2, 0.25) is 11.5 Å². The van der Waals surface area contributed by atoms with E-state index < -0.39 is 0 Å². The first kappa shape index (κ1) is 20.8. The summed E-state index contributed by atoms with van der Waals surface area (Å²) in [4.78, 5) is 24.1. The summed E-state index contributed by atoms with van der Waals surface area (Å²) in [6, 6.07) is 3.30. The van der Waals surface area contributed by atoms with Crippen molar-refractivity contribution in [2.24, 2.45) is 7.05 Å². The molecule has 3 heterocycles. The smallest absolute Gasteiger partial charge is 0.290 e. The third kappa shape index (κ3) is 4.41. The van der Waals surface area contributed by atoms with Crippen LogP contribution >= 0.6 is 11.6 Å². The Morgan fingerprint density at radius 2 is 2.03 bits per heavy atom. The second-order valence-electron chi connectivity index (χ2n) is 6.86. The molecule has 1 aromatic carbocycles. The van der Waals surface area contributed by atoms with E-state index in [1.165, 1.54) is 6.07 Å². The number of fused-ring (bicyclic) bond motifs is 1. The maximum absolute atomic E-state index is 10.3. The number of halogens is 1. The van der Waals surface area contributed by atoms with Crippen LogP contribution in [0.15, 0.2) is 18.3 Å². The van der Waals surface area contributed by atoms with Gasteiger partial charge in [0.15, 0.2) is 5.65 Å². The number of aromatic hydroxyl groups is 1. The molecule has 0 saturated carbocycles. The molecule has 1 fully saturated rings. The lowest BCUT2D eigenvalue weighted by molar-refractivity contribution is -0.122. The minimum absolute atomic E-state index is 0.0823. The average molecular weight is 420 g/mol. The molecule has 2 N–H and O–H groups in total. The highest BCUT2D eigenvalue weighted by atomic mass is 35.5. The molecule has 0 aliphatic carbocycles. The van der Waals surface area contributed by atoms with Gasteiger partial charge in [-0.2, -0.15) is 4.98 Å². The van der Waals surface area contributed by atoms with Gasteiger partial charge < -0.3 is 24.4 Å². The fourth-order valence-electron chi connectivity index (χ4n) is 3.40. The highest BCUT2D eigenvalue weighted by molar-refractivity contribution is 6.31. The highest BCUT2D eigenvalue weighted by Crippen LogP contribution is 2.35. The van der Waals surface area contributed by atoms with Gasteiger partial charge in [-0.15, -0.1) is 0 Å². The van der Waals surface area contributed by atoms with Crippen molar-refractivity contribution in [3.05, 3.63) is 28.9 Å². The third-order valence-electron chi connectivity index (χ3n) is 4.70. The van der Waals surface area contributed by atoms with Gasteiger partial charge in [0.05, 0.1) is 11.8 Å².